The number of hydrogen-bond acceptors (Lipinski definition) is 6. The molecule has 4 rings (SSSR count). The zero-order chi connectivity index (χ0) is 20.8. The summed E-state index contributed by atoms with van der Waals surface area (Å²) in [6.45, 7) is 0.211. The fourth-order valence-electron chi connectivity index (χ4n) is 3.05. The Morgan fingerprint density at radius 2 is 1.93 bits per heavy atom. The van der Waals surface area contributed by atoms with Crippen LogP contribution in [-0.2, 0) is 14.3 Å². The van der Waals surface area contributed by atoms with Crippen molar-refractivity contribution in [1.29, 1.82) is 0 Å². The van der Waals surface area contributed by atoms with Crippen molar-refractivity contribution in [3.63, 3.8) is 0 Å². The molecule has 2 heterocycles. The smallest absolute Gasteiger partial charge is 0.331 e. The highest BCUT2D eigenvalue weighted by Crippen LogP contribution is 2.30. The van der Waals surface area contributed by atoms with Crippen LogP contribution in [0.5, 0.6) is 11.5 Å². The van der Waals surface area contributed by atoms with Crippen LogP contribution in [0.25, 0.3) is 17.0 Å². The lowest BCUT2D eigenvalue weighted by atomic mass is 10.1. The van der Waals surface area contributed by atoms with Crippen LogP contribution >= 0.6 is 0 Å². The van der Waals surface area contributed by atoms with E-state index in [1.165, 1.54) is 6.08 Å². The Morgan fingerprint density at radius 1 is 1.10 bits per heavy atom. The average Bonchev–Trinajstić information content (AvgIpc) is 2.79. The number of benzene rings is 2. The minimum Gasteiger partial charge on any atom is -0.486 e. The molecule has 1 aliphatic rings. The van der Waals surface area contributed by atoms with Gasteiger partial charge in [0.2, 0.25) is 0 Å². The first-order valence-electron chi connectivity index (χ1n) is 9.53. The lowest BCUT2D eigenvalue weighted by Gasteiger charge is -2.26. The third kappa shape index (κ3) is 4.75. The van der Waals surface area contributed by atoms with Crippen LogP contribution in [0.4, 0.5) is 0 Å². The number of amides is 1. The van der Waals surface area contributed by atoms with Gasteiger partial charge in [0.15, 0.2) is 18.1 Å². The number of aromatic nitrogens is 1. The lowest BCUT2D eigenvalue weighted by Crippen LogP contribution is -2.42. The highest BCUT2D eigenvalue weighted by atomic mass is 16.6. The molecule has 7 heteroatoms. The predicted molar refractivity (Wildman–Crippen MR) is 111 cm³/mol. The first-order valence-corrected chi connectivity index (χ1v) is 9.53. The van der Waals surface area contributed by atoms with Gasteiger partial charge in [0.25, 0.3) is 5.91 Å². The highest BCUT2D eigenvalue weighted by Gasteiger charge is 2.21. The first-order chi connectivity index (χ1) is 14.7. The Bertz CT molecular complexity index is 1090. The van der Waals surface area contributed by atoms with E-state index in [1.807, 2.05) is 54.6 Å². The SMILES string of the molecule is O=C(COC(=O)/C=C/c1cccc2cccnc12)NC[C@@H]1COc2ccccc2O1. The molecule has 30 heavy (non-hydrogen) atoms. The Balaban J connectivity index is 1.23. The Kier molecular flexibility index (Phi) is 5.89. The minimum absolute atomic E-state index is 0.252. The molecule has 0 aliphatic carbocycles. The Labute approximate surface area is 173 Å². The van der Waals surface area contributed by atoms with Crippen molar-refractivity contribution in [2.75, 3.05) is 19.8 Å². The molecule has 7 nitrogen and oxygen atoms in total. The summed E-state index contributed by atoms with van der Waals surface area (Å²) >= 11 is 0. The second kappa shape index (κ2) is 9.09. The molecule has 0 saturated heterocycles. The van der Waals surface area contributed by atoms with Crippen LogP contribution < -0.4 is 14.8 Å². The number of esters is 1. The number of carbonyl (C=O) groups excluding carboxylic acids is 2. The normalized spacial score (nSPS) is 15.1. The van der Waals surface area contributed by atoms with Crippen LogP contribution in [0, 0.1) is 0 Å². The molecule has 0 spiro atoms. The maximum Gasteiger partial charge on any atom is 0.331 e. The lowest BCUT2D eigenvalue weighted by molar-refractivity contribution is -0.143. The molecule has 0 saturated carbocycles. The molecule has 3 aromatic rings. The van der Waals surface area contributed by atoms with E-state index >= 15 is 0 Å². The van der Waals surface area contributed by atoms with Crippen molar-refractivity contribution in [2.45, 2.75) is 6.10 Å². The molecular weight excluding hydrogens is 384 g/mol. The second-order valence-electron chi connectivity index (χ2n) is 6.67. The third-order valence-corrected chi connectivity index (χ3v) is 4.50. The largest absolute Gasteiger partial charge is 0.486 e. The first kappa shape index (κ1) is 19.4. The van der Waals surface area contributed by atoms with E-state index in [0.29, 0.717) is 18.1 Å². The van der Waals surface area contributed by atoms with Crippen molar-refractivity contribution in [1.82, 2.24) is 10.3 Å². The van der Waals surface area contributed by atoms with Gasteiger partial charge in [0.05, 0.1) is 12.1 Å². The quantitative estimate of drug-likeness (QED) is 0.502. The summed E-state index contributed by atoms with van der Waals surface area (Å²) in [7, 11) is 0. The molecule has 1 aromatic heterocycles. The van der Waals surface area contributed by atoms with Crippen molar-refractivity contribution in [3.8, 4) is 11.5 Å². The number of nitrogens with zero attached hydrogens (tertiary/aromatic N) is 1. The molecule has 0 bridgehead atoms. The van der Waals surface area contributed by atoms with Crippen molar-refractivity contribution >= 4 is 28.9 Å². The van der Waals surface area contributed by atoms with Crippen molar-refractivity contribution < 1.29 is 23.8 Å². The monoisotopic (exact) mass is 404 g/mol. The van der Waals surface area contributed by atoms with Gasteiger partial charge in [-0.25, -0.2) is 4.79 Å². The number of para-hydroxylation sites is 3. The van der Waals surface area contributed by atoms with Gasteiger partial charge in [0.1, 0.15) is 12.7 Å². The number of nitrogens with one attached hydrogen (secondary N) is 1. The predicted octanol–water partition coefficient (Wildman–Crippen LogP) is 2.75. The third-order valence-electron chi connectivity index (χ3n) is 4.50. The minimum atomic E-state index is -0.607. The molecule has 1 atom stereocenters. The van der Waals surface area contributed by atoms with Gasteiger partial charge in [-0.05, 0) is 24.3 Å². The van der Waals surface area contributed by atoms with E-state index in [1.54, 1.807) is 12.3 Å². The summed E-state index contributed by atoms with van der Waals surface area (Å²) in [5, 5.41) is 3.66. The average molecular weight is 404 g/mol. The van der Waals surface area contributed by atoms with Gasteiger partial charge < -0.3 is 19.5 Å². The summed E-state index contributed by atoms with van der Waals surface area (Å²) in [5.74, 6) is 0.306. The van der Waals surface area contributed by atoms with Gasteiger partial charge in [-0.3, -0.25) is 9.78 Å². The molecule has 1 aliphatic heterocycles. The molecule has 0 unspecified atom stereocenters. The van der Waals surface area contributed by atoms with E-state index in [9.17, 15) is 9.59 Å². The zero-order valence-electron chi connectivity index (χ0n) is 16.1. The van der Waals surface area contributed by atoms with Crippen LogP contribution in [-0.4, -0.2) is 42.7 Å². The highest BCUT2D eigenvalue weighted by molar-refractivity contribution is 5.93. The summed E-state index contributed by atoms with van der Waals surface area (Å²) in [4.78, 5) is 28.2. The molecule has 1 amide bonds. The van der Waals surface area contributed by atoms with Gasteiger partial charge in [-0.2, -0.15) is 0 Å². The van der Waals surface area contributed by atoms with Gasteiger partial charge in [0, 0.05) is 23.2 Å². The van der Waals surface area contributed by atoms with E-state index in [-0.39, 0.29) is 19.3 Å². The van der Waals surface area contributed by atoms with Gasteiger partial charge in [-0.15, -0.1) is 0 Å². The molecular formula is C23H20N2O5. The van der Waals surface area contributed by atoms with Crippen LogP contribution in [0.1, 0.15) is 5.56 Å². The number of carbonyl (C=O) groups is 2. The van der Waals surface area contributed by atoms with E-state index in [2.05, 4.69) is 10.3 Å². The molecule has 152 valence electrons. The number of ether oxygens (including phenoxy) is 3. The summed E-state index contributed by atoms with van der Waals surface area (Å²) in [6, 6.07) is 16.8. The van der Waals surface area contributed by atoms with Gasteiger partial charge >= 0.3 is 5.97 Å². The number of fused-ring (bicyclic) bond motifs is 2. The van der Waals surface area contributed by atoms with E-state index in [4.69, 9.17) is 14.2 Å². The van der Waals surface area contributed by atoms with Crippen LogP contribution in [0.2, 0.25) is 0 Å². The van der Waals surface area contributed by atoms with Crippen molar-refractivity contribution in [3.05, 3.63) is 72.4 Å². The fraction of sp³-hybridized carbons (Fsp3) is 0.174. The maximum atomic E-state index is 12.0. The second-order valence-corrected chi connectivity index (χ2v) is 6.67. The molecule has 0 radical (unpaired) electrons. The molecule has 0 fully saturated rings. The van der Waals surface area contributed by atoms with Gasteiger partial charge in [-0.1, -0.05) is 36.4 Å². The van der Waals surface area contributed by atoms with Crippen LogP contribution in [0.3, 0.4) is 0 Å². The van der Waals surface area contributed by atoms with E-state index in [0.717, 1.165) is 16.5 Å². The zero-order valence-corrected chi connectivity index (χ0v) is 16.1. The van der Waals surface area contributed by atoms with E-state index < -0.39 is 11.9 Å². The summed E-state index contributed by atoms with van der Waals surface area (Å²) in [5.41, 5.74) is 1.59. The molecule has 1 N–H and O–H groups in total. The molecule has 2 aromatic carbocycles. The number of rotatable bonds is 6. The number of pyridine rings is 1. The van der Waals surface area contributed by atoms with Crippen LogP contribution in [0.15, 0.2) is 66.9 Å². The topological polar surface area (TPSA) is 86.8 Å². The summed E-state index contributed by atoms with van der Waals surface area (Å²) in [6.07, 6.45) is 4.30. The number of hydrogen-bond donors (Lipinski definition) is 1. The summed E-state index contributed by atoms with van der Waals surface area (Å²) < 4.78 is 16.4. The Morgan fingerprint density at radius 3 is 2.83 bits per heavy atom. The Hall–Kier alpha value is -3.87. The maximum absolute atomic E-state index is 12.0. The van der Waals surface area contributed by atoms with Crippen molar-refractivity contribution in [2.24, 2.45) is 0 Å². The fourth-order valence-corrected chi connectivity index (χ4v) is 3.05. The standard InChI is InChI=1S/C23H20N2O5/c26-21(25-13-18-14-28-19-8-1-2-9-20(19)30-18)15-29-22(27)11-10-17-6-3-5-16-7-4-12-24-23(16)17/h1-12,18H,13-15H2,(H,25,26)/b11-10+/t18-/m1/s1.